The topological polar surface area (TPSA) is 121 Å². The number of rotatable bonds is 11. The highest BCUT2D eigenvalue weighted by Crippen LogP contribution is 2.35. The molecule has 0 aliphatic rings. The van der Waals surface area contributed by atoms with Crippen molar-refractivity contribution >= 4 is 28.6 Å². The molecule has 2 aromatic heterocycles. The molecule has 0 saturated heterocycles. The molecule has 0 unspecified atom stereocenters. The number of fused-ring (bicyclic) bond motifs is 1. The third-order valence-corrected chi connectivity index (χ3v) is 7.65. The second kappa shape index (κ2) is 14.3. The van der Waals surface area contributed by atoms with Gasteiger partial charge in [-0.25, -0.2) is 13.8 Å². The lowest BCUT2D eigenvalue weighted by molar-refractivity contribution is -0.170. The number of para-hydroxylation sites is 1. The minimum absolute atomic E-state index is 0.0330. The molecule has 5 aromatic rings. The van der Waals surface area contributed by atoms with Crippen LogP contribution in [0, 0.1) is 18.6 Å². The van der Waals surface area contributed by atoms with Crippen molar-refractivity contribution in [1.82, 2.24) is 14.5 Å². The van der Waals surface area contributed by atoms with Crippen LogP contribution in [0.15, 0.2) is 83.7 Å². The van der Waals surface area contributed by atoms with Crippen LogP contribution in [0.1, 0.15) is 17.5 Å². The number of halogens is 5. The Bertz CT molecular complexity index is 1980. The molecule has 5 rings (SSSR count). The molecule has 48 heavy (non-hydrogen) atoms. The molecule has 0 fully saturated rings. The molecule has 0 aliphatic heterocycles. The summed E-state index contributed by atoms with van der Waals surface area (Å²) in [6, 6.07) is 17.7. The first-order valence-electron chi connectivity index (χ1n) is 14.8. The van der Waals surface area contributed by atoms with Crippen LogP contribution in [0.4, 0.5) is 33.6 Å². The fraction of sp³-hybridized carbons (Fsp3) is 0.235. The maximum Gasteiger partial charge on any atom is 0.471 e. The monoisotopic (exact) mass is 667 g/mol. The summed E-state index contributed by atoms with van der Waals surface area (Å²) in [6.45, 7) is 0.238. The lowest BCUT2D eigenvalue weighted by Crippen LogP contribution is -2.42. The number of hydrogen-bond donors (Lipinski definition) is 3. The third kappa shape index (κ3) is 7.19. The lowest BCUT2D eigenvalue weighted by Gasteiger charge is -2.25. The number of aliphatic hydroxyl groups is 2. The SMILES string of the molecule is Cc1ccc(N(CCCc2ccccc2)C(=O)C(F)(F)F)cc1-c1nc(NC(CO)CO)nc2c1ccc(=O)n2-c1c(F)cccc1F. The van der Waals surface area contributed by atoms with Gasteiger partial charge in [0.15, 0.2) is 5.65 Å². The standard InChI is InChI=1S/C34H30F5N5O4/c1-20-12-13-23(43(32(48)34(37,38)39)16-6-9-21-7-3-2-4-8-21)17-25(20)29-24-14-15-28(47)44(30-26(35)10-5-11-27(30)36)31(24)42-33(41-29)40-22(18-45)19-46/h2-5,7-8,10-15,17,22,45-46H,6,9,16,18-19H2,1H3,(H,40,41,42). The molecule has 0 spiro atoms. The number of aromatic nitrogens is 3. The average molecular weight is 668 g/mol. The van der Waals surface area contributed by atoms with Crippen LogP contribution in [0.3, 0.4) is 0 Å². The van der Waals surface area contributed by atoms with Crippen LogP contribution in [-0.4, -0.2) is 62.6 Å². The molecule has 3 N–H and O–H groups in total. The molecule has 1 amide bonds. The smallest absolute Gasteiger partial charge is 0.394 e. The molecule has 14 heteroatoms. The molecule has 0 aliphatic carbocycles. The summed E-state index contributed by atoms with van der Waals surface area (Å²) in [5, 5.41) is 22.2. The summed E-state index contributed by atoms with van der Waals surface area (Å²) in [6.07, 6.45) is -4.56. The second-order valence-electron chi connectivity index (χ2n) is 11.0. The van der Waals surface area contributed by atoms with Gasteiger partial charge < -0.3 is 20.4 Å². The van der Waals surface area contributed by atoms with E-state index in [0.717, 1.165) is 29.8 Å². The quantitative estimate of drug-likeness (QED) is 0.163. The van der Waals surface area contributed by atoms with Crippen molar-refractivity contribution in [3.63, 3.8) is 0 Å². The minimum Gasteiger partial charge on any atom is -0.394 e. The van der Waals surface area contributed by atoms with Crippen LogP contribution in [-0.2, 0) is 11.2 Å². The Morgan fingerprint density at radius 1 is 0.938 bits per heavy atom. The number of hydrogen-bond acceptors (Lipinski definition) is 7. The van der Waals surface area contributed by atoms with Crippen LogP contribution in [0.2, 0.25) is 0 Å². The van der Waals surface area contributed by atoms with Crippen LogP contribution in [0.25, 0.3) is 28.0 Å². The van der Waals surface area contributed by atoms with E-state index in [1.54, 1.807) is 19.1 Å². The summed E-state index contributed by atoms with van der Waals surface area (Å²) in [5.41, 5.74) is -0.321. The van der Waals surface area contributed by atoms with Crippen molar-refractivity contribution in [3.8, 4) is 16.9 Å². The zero-order valence-corrected chi connectivity index (χ0v) is 25.5. The fourth-order valence-corrected chi connectivity index (χ4v) is 5.26. The number of aryl methyl sites for hydroxylation is 2. The summed E-state index contributed by atoms with van der Waals surface area (Å²) in [4.78, 5) is 35.3. The summed E-state index contributed by atoms with van der Waals surface area (Å²) < 4.78 is 72.3. The molecule has 0 saturated carbocycles. The number of aliphatic hydroxyl groups excluding tert-OH is 2. The van der Waals surface area contributed by atoms with Gasteiger partial charge in [-0.3, -0.25) is 14.2 Å². The minimum atomic E-state index is -5.18. The third-order valence-electron chi connectivity index (χ3n) is 7.65. The molecule has 0 atom stereocenters. The number of alkyl halides is 3. The maximum atomic E-state index is 15.0. The predicted molar refractivity (Wildman–Crippen MR) is 170 cm³/mol. The van der Waals surface area contributed by atoms with Gasteiger partial charge in [-0.15, -0.1) is 0 Å². The number of pyridine rings is 1. The summed E-state index contributed by atoms with van der Waals surface area (Å²) in [5.74, 6) is -4.48. The number of carbonyl (C=O) groups excluding carboxylic acids is 1. The van der Waals surface area contributed by atoms with E-state index in [-0.39, 0.29) is 46.9 Å². The van der Waals surface area contributed by atoms with Crippen molar-refractivity contribution in [2.24, 2.45) is 0 Å². The first kappa shape index (κ1) is 34.1. The molecular formula is C34H30F5N5O4. The van der Waals surface area contributed by atoms with E-state index in [0.29, 0.717) is 21.5 Å². The Hall–Kier alpha value is -5.21. The van der Waals surface area contributed by atoms with Gasteiger partial charge in [0, 0.05) is 29.2 Å². The average Bonchev–Trinajstić information content (AvgIpc) is 3.06. The van der Waals surface area contributed by atoms with Crippen LogP contribution in [0.5, 0.6) is 0 Å². The van der Waals surface area contributed by atoms with Gasteiger partial charge in [0.2, 0.25) is 5.95 Å². The Morgan fingerprint density at radius 2 is 1.62 bits per heavy atom. The summed E-state index contributed by atoms with van der Waals surface area (Å²) in [7, 11) is 0. The molecule has 3 aromatic carbocycles. The van der Waals surface area contributed by atoms with Crippen molar-refractivity contribution in [1.29, 1.82) is 0 Å². The number of benzene rings is 3. The van der Waals surface area contributed by atoms with Crippen LogP contribution >= 0.6 is 0 Å². The Labute approximate surface area is 270 Å². The number of carbonyl (C=O) groups is 1. The molecule has 9 nitrogen and oxygen atoms in total. The van der Waals surface area contributed by atoms with Gasteiger partial charge in [0.25, 0.3) is 5.56 Å². The van der Waals surface area contributed by atoms with E-state index >= 15 is 8.78 Å². The van der Waals surface area contributed by atoms with E-state index in [1.807, 2.05) is 18.2 Å². The van der Waals surface area contributed by atoms with Crippen molar-refractivity contribution < 1.29 is 37.0 Å². The fourth-order valence-electron chi connectivity index (χ4n) is 5.26. The van der Waals surface area contributed by atoms with E-state index in [9.17, 15) is 33.0 Å². The zero-order valence-electron chi connectivity index (χ0n) is 25.5. The Morgan fingerprint density at radius 3 is 2.27 bits per heavy atom. The van der Waals surface area contributed by atoms with Gasteiger partial charge in [0.05, 0.1) is 24.9 Å². The number of anilines is 2. The largest absolute Gasteiger partial charge is 0.471 e. The highest BCUT2D eigenvalue weighted by atomic mass is 19.4. The molecule has 0 bridgehead atoms. The first-order valence-corrected chi connectivity index (χ1v) is 14.8. The highest BCUT2D eigenvalue weighted by molar-refractivity contribution is 5.99. The molecular weight excluding hydrogens is 637 g/mol. The van der Waals surface area contributed by atoms with Crippen molar-refractivity contribution in [3.05, 3.63) is 112 Å². The second-order valence-corrected chi connectivity index (χ2v) is 11.0. The molecule has 0 radical (unpaired) electrons. The van der Waals surface area contributed by atoms with E-state index < -0.39 is 54.2 Å². The van der Waals surface area contributed by atoms with Gasteiger partial charge in [-0.2, -0.15) is 18.2 Å². The van der Waals surface area contributed by atoms with E-state index in [4.69, 9.17) is 0 Å². The van der Waals surface area contributed by atoms with Gasteiger partial charge in [0.1, 0.15) is 17.3 Å². The molecule has 250 valence electrons. The number of amides is 1. The Kier molecular flexibility index (Phi) is 10.2. The number of nitrogens with zero attached hydrogens (tertiary/aromatic N) is 4. The van der Waals surface area contributed by atoms with Crippen molar-refractivity contribution in [2.75, 3.05) is 30.0 Å². The van der Waals surface area contributed by atoms with E-state index in [1.165, 1.54) is 24.3 Å². The lowest BCUT2D eigenvalue weighted by atomic mass is 10.0. The number of nitrogens with one attached hydrogen (secondary N) is 1. The molecule has 2 heterocycles. The van der Waals surface area contributed by atoms with Crippen LogP contribution < -0.4 is 15.8 Å². The maximum absolute atomic E-state index is 15.0. The van der Waals surface area contributed by atoms with Crippen molar-refractivity contribution in [2.45, 2.75) is 32.0 Å². The van der Waals surface area contributed by atoms with Gasteiger partial charge >= 0.3 is 12.1 Å². The van der Waals surface area contributed by atoms with Gasteiger partial charge in [-0.1, -0.05) is 42.5 Å². The zero-order chi connectivity index (χ0) is 34.6. The highest BCUT2D eigenvalue weighted by Gasteiger charge is 2.43. The van der Waals surface area contributed by atoms with E-state index in [2.05, 4.69) is 15.3 Å². The Balaban J connectivity index is 1.70. The summed E-state index contributed by atoms with van der Waals surface area (Å²) >= 11 is 0. The normalized spacial score (nSPS) is 11.7. The predicted octanol–water partition coefficient (Wildman–Crippen LogP) is 5.33. The first-order chi connectivity index (χ1) is 22.9. The van der Waals surface area contributed by atoms with Gasteiger partial charge in [-0.05, 0) is 61.2 Å².